The van der Waals surface area contributed by atoms with Gasteiger partial charge < -0.3 is 10.6 Å². The number of carbonyl (C=O) groups excluding carboxylic acids is 1. The van der Waals surface area contributed by atoms with Crippen LogP contribution in [-0.4, -0.2) is 18.0 Å². The van der Waals surface area contributed by atoms with E-state index in [0.717, 1.165) is 25.3 Å². The number of nitrogens with one attached hydrogen (secondary N) is 2. The van der Waals surface area contributed by atoms with E-state index in [-0.39, 0.29) is 18.0 Å². The molecule has 2 atom stereocenters. The minimum Gasteiger partial charge on any atom is -0.352 e. The molecule has 1 heterocycles. The first-order valence-electron chi connectivity index (χ1n) is 8.16. The van der Waals surface area contributed by atoms with Crippen molar-refractivity contribution in [3.05, 3.63) is 35.4 Å². The molecule has 116 valence electrons. The second-order valence-corrected chi connectivity index (χ2v) is 6.64. The molecule has 1 aromatic rings. The van der Waals surface area contributed by atoms with Crippen LogP contribution in [0.5, 0.6) is 0 Å². The van der Waals surface area contributed by atoms with Crippen LogP contribution in [0.2, 0.25) is 0 Å². The number of rotatable bonds is 6. The molecule has 0 bridgehead atoms. The summed E-state index contributed by atoms with van der Waals surface area (Å²) in [5.74, 6) is 0.881. The van der Waals surface area contributed by atoms with E-state index in [1.165, 1.54) is 24.0 Å². The summed E-state index contributed by atoms with van der Waals surface area (Å²) in [6.07, 6.45) is 4.27. The first kappa shape index (κ1) is 16.0. The Morgan fingerprint density at radius 2 is 1.95 bits per heavy atom. The zero-order chi connectivity index (χ0) is 15.2. The summed E-state index contributed by atoms with van der Waals surface area (Å²) in [6, 6.07) is 8.53. The summed E-state index contributed by atoms with van der Waals surface area (Å²) in [5, 5.41) is 6.50. The van der Waals surface area contributed by atoms with Gasteiger partial charge in [0.2, 0.25) is 5.91 Å². The molecule has 0 saturated carbocycles. The molecule has 2 rings (SSSR count). The largest absolute Gasteiger partial charge is 0.352 e. The van der Waals surface area contributed by atoms with E-state index in [2.05, 4.69) is 49.6 Å². The van der Waals surface area contributed by atoms with Crippen molar-refractivity contribution in [1.29, 1.82) is 0 Å². The topological polar surface area (TPSA) is 41.1 Å². The van der Waals surface area contributed by atoms with E-state index in [1.807, 2.05) is 6.07 Å². The summed E-state index contributed by atoms with van der Waals surface area (Å²) in [6.45, 7) is 7.38. The van der Waals surface area contributed by atoms with Crippen molar-refractivity contribution in [1.82, 2.24) is 10.6 Å². The van der Waals surface area contributed by atoms with Crippen LogP contribution in [0.15, 0.2) is 24.3 Å². The fourth-order valence-corrected chi connectivity index (χ4v) is 2.89. The van der Waals surface area contributed by atoms with Gasteiger partial charge in [0, 0.05) is 12.6 Å². The lowest BCUT2D eigenvalue weighted by atomic mass is 9.95. The van der Waals surface area contributed by atoms with Crippen molar-refractivity contribution in [3.63, 3.8) is 0 Å². The van der Waals surface area contributed by atoms with Gasteiger partial charge in [-0.3, -0.25) is 4.79 Å². The van der Waals surface area contributed by atoms with Crippen LogP contribution < -0.4 is 10.6 Å². The molecule has 0 aliphatic carbocycles. The SMILES string of the molecule is CC(C)CCCC(C)NC(=O)[C@H]1Cc2ccccc2CN1. The summed E-state index contributed by atoms with van der Waals surface area (Å²) >= 11 is 0. The molecule has 3 heteroatoms. The molecule has 0 spiro atoms. The average molecular weight is 288 g/mol. The maximum Gasteiger partial charge on any atom is 0.237 e. The minimum atomic E-state index is -0.0903. The molecular weight excluding hydrogens is 260 g/mol. The van der Waals surface area contributed by atoms with Crippen molar-refractivity contribution < 1.29 is 4.79 Å². The Hall–Kier alpha value is -1.35. The van der Waals surface area contributed by atoms with Crippen LogP contribution in [0.3, 0.4) is 0 Å². The number of hydrogen-bond donors (Lipinski definition) is 2. The van der Waals surface area contributed by atoms with Gasteiger partial charge in [0.25, 0.3) is 0 Å². The summed E-state index contributed by atoms with van der Waals surface area (Å²) in [4.78, 5) is 12.3. The Kier molecular flexibility index (Phi) is 5.80. The minimum absolute atomic E-state index is 0.0903. The van der Waals surface area contributed by atoms with Gasteiger partial charge in [-0.1, -0.05) is 51.0 Å². The van der Waals surface area contributed by atoms with Gasteiger partial charge >= 0.3 is 0 Å². The highest BCUT2D eigenvalue weighted by molar-refractivity contribution is 5.82. The number of hydrogen-bond acceptors (Lipinski definition) is 2. The zero-order valence-electron chi connectivity index (χ0n) is 13.5. The molecule has 1 aromatic carbocycles. The monoisotopic (exact) mass is 288 g/mol. The maximum absolute atomic E-state index is 12.3. The van der Waals surface area contributed by atoms with Crippen LogP contribution in [-0.2, 0) is 17.8 Å². The lowest BCUT2D eigenvalue weighted by Gasteiger charge is -2.26. The molecule has 3 nitrogen and oxygen atoms in total. The van der Waals surface area contributed by atoms with Crippen molar-refractivity contribution in [3.8, 4) is 0 Å². The van der Waals surface area contributed by atoms with Gasteiger partial charge in [0.15, 0.2) is 0 Å². The highest BCUT2D eigenvalue weighted by atomic mass is 16.2. The zero-order valence-corrected chi connectivity index (χ0v) is 13.5. The van der Waals surface area contributed by atoms with Crippen LogP contribution in [0.1, 0.15) is 51.2 Å². The van der Waals surface area contributed by atoms with E-state index < -0.39 is 0 Å². The molecule has 0 radical (unpaired) electrons. The highest BCUT2D eigenvalue weighted by Crippen LogP contribution is 2.16. The molecule has 2 N–H and O–H groups in total. The summed E-state index contributed by atoms with van der Waals surface area (Å²) in [7, 11) is 0. The third-order valence-electron chi connectivity index (χ3n) is 4.21. The van der Waals surface area contributed by atoms with Gasteiger partial charge in [-0.2, -0.15) is 0 Å². The molecule has 1 aliphatic rings. The van der Waals surface area contributed by atoms with E-state index in [4.69, 9.17) is 0 Å². The standard InChI is InChI=1S/C18H28N2O/c1-13(2)7-6-8-14(3)20-18(21)17-11-15-9-4-5-10-16(15)12-19-17/h4-5,9-10,13-14,17,19H,6-8,11-12H2,1-3H3,(H,20,21)/t14?,17-/m1/s1. The molecule has 0 saturated heterocycles. The van der Waals surface area contributed by atoms with Crippen molar-refractivity contribution >= 4 is 5.91 Å². The smallest absolute Gasteiger partial charge is 0.237 e. The summed E-state index contributed by atoms with van der Waals surface area (Å²) in [5.41, 5.74) is 2.61. The van der Waals surface area contributed by atoms with Crippen molar-refractivity contribution in [2.75, 3.05) is 0 Å². The van der Waals surface area contributed by atoms with Gasteiger partial charge in [-0.15, -0.1) is 0 Å². The van der Waals surface area contributed by atoms with Crippen LogP contribution in [0.4, 0.5) is 0 Å². The third-order valence-corrected chi connectivity index (χ3v) is 4.21. The van der Waals surface area contributed by atoms with E-state index in [9.17, 15) is 4.79 Å². The second kappa shape index (κ2) is 7.60. The fraction of sp³-hybridized carbons (Fsp3) is 0.611. The van der Waals surface area contributed by atoms with E-state index in [1.54, 1.807) is 0 Å². The van der Waals surface area contributed by atoms with Crippen LogP contribution in [0, 0.1) is 5.92 Å². The van der Waals surface area contributed by atoms with Gasteiger partial charge in [0.1, 0.15) is 0 Å². The Labute approximate surface area is 128 Å². The highest BCUT2D eigenvalue weighted by Gasteiger charge is 2.24. The van der Waals surface area contributed by atoms with Crippen LogP contribution in [0.25, 0.3) is 0 Å². The predicted octanol–water partition coefficient (Wildman–Crippen LogP) is 3.03. The quantitative estimate of drug-likeness (QED) is 0.845. The number of amides is 1. The molecule has 0 fully saturated rings. The molecule has 21 heavy (non-hydrogen) atoms. The van der Waals surface area contributed by atoms with Gasteiger partial charge in [-0.25, -0.2) is 0 Å². The van der Waals surface area contributed by atoms with Crippen molar-refractivity contribution in [2.45, 2.75) is 65.1 Å². The predicted molar refractivity (Wildman–Crippen MR) is 87.1 cm³/mol. The molecular formula is C18H28N2O. The Morgan fingerprint density at radius 3 is 2.67 bits per heavy atom. The van der Waals surface area contributed by atoms with Crippen LogP contribution >= 0.6 is 0 Å². The van der Waals surface area contributed by atoms with Crippen molar-refractivity contribution in [2.24, 2.45) is 5.92 Å². The maximum atomic E-state index is 12.3. The Morgan fingerprint density at radius 1 is 1.24 bits per heavy atom. The number of carbonyl (C=O) groups is 1. The normalized spacial score (nSPS) is 19.1. The average Bonchev–Trinajstić information content (AvgIpc) is 2.46. The molecule has 1 unspecified atom stereocenters. The Bertz CT molecular complexity index is 470. The van der Waals surface area contributed by atoms with E-state index >= 15 is 0 Å². The summed E-state index contributed by atoms with van der Waals surface area (Å²) < 4.78 is 0. The van der Waals surface area contributed by atoms with Gasteiger partial charge in [0.05, 0.1) is 6.04 Å². The second-order valence-electron chi connectivity index (χ2n) is 6.64. The molecule has 0 aromatic heterocycles. The molecule has 1 amide bonds. The fourth-order valence-electron chi connectivity index (χ4n) is 2.89. The van der Waals surface area contributed by atoms with Gasteiger partial charge in [-0.05, 0) is 36.8 Å². The lowest BCUT2D eigenvalue weighted by molar-refractivity contribution is -0.124. The van der Waals surface area contributed by atoms with E-state index in [0.29, 0.717) is 0 Å². The third kappa shape index (κ3) is 4.85. The first-order chi connectivity index (χ1) is 10.1. The first-order valence-corrected chi connectivity index (χ1v) is 8.16. The number of benzene rings is 1. The Balaban J connectivity index is 1.79. The lowest BCUT2D eigenvalue weighted by Crippen LogP contribution is -2.49. The number of fused-ring (bicyclic) bond motifs is 1. The molecule has 1 aliphatic heterocycles.